The van der Waals surface area contributed by atoms with Crippen molar-refractivity contribution in [1.29, 1.82) is 0 Å². The largest absolute Gasteiger partial charge is 0.340 e. The van der Waals surface area contributed by atoms with Crippen LogP contribution in [-0.2, 0) is 17.8 Å². The number of fused-ring (bicyclic) bond motifs is 3. The molecule has 2 aliphatic rings. The van der Waals surface area contributed by atoms with E-state index in [0.717, 1.165) is 52.7 Å². The molecule has 0 spiro atoms. The van der Waals surface area contributed by atoms with Crippen LogP contribution in [0.2, 0.25) is 5.02 Å². The molecule has 1 saturated heterocycles. The maximum absolute atomic E-state index is 13.5. The van der Waals surface area contributed by atoms with Gasteiger partial charge in [-0.3, -0.25) is 9.69 Å². The molecule has 2 aliphatic heterocycles. The minimum Gasteiger partial charge on any atom is -0.340 e. The summed E-state index contributed by atoms with van der Waals surface area (Å²) in [5.41, 5.74) is 1.83. The number of hydrogen-bond acceptors (Lipinski definition) is 7. The van der Waals surface area contributed by atoms with Gasteiger partial charge in [-0.1, -0.05) is 17.7 Å². The van der Waals surface area contributed by atoms with Crippen LogP contribution in [0.4, 0.5) is 15.9 Å². The third kappa shape index (κ3) is 5.01. The number of amides is 1. The lowest BCUT2D eigenvalue weighted by Crippen LogP contribution is -2.35. The standard InChI is InChI=1S/C23H23ClFN5OS2/c24-17-12-15(3-4-18(17)25)28-22-21-16-5-7-30(13-19(16)33-23(21)27-14-26-22)20(31)2-1-6-29-8-10-32-11-9-29/h1-4,12,14H,5-11,13H2,(H,26,27,28)/b2-1+. The van der Waals surface area contributed by atoms with Crippen LogP contribution in [-0.4, -0.2) is 63.4 Å². The van der Waals surface area contributed by atoms with Crippen LogP contribution in [0.5, 0.6) is 0 Å². The van der Waals surface area contributed by atoms with Crippen molar-refractivity contribution in [3.05, 3.63) is 58.0 Å². The van der Waals surface area contributed by atoms with Crippen LogP contribution in [0.3, 0.4) is 0 Å². The number of halogens is 2. The molecule has 1 fully saturated rings. The van der Waals surface area contributed by atoms with Crippen LogP contribution in [0, 0.1) is 5.82 Å². The number of nitrogens with zero attached hydrogens (tertiary/aromatic N) is 4. The second-order valence-electron chi connectivity index (χ2n) is 7.99. The van der Waals surface area contributed by atoms with Gasteiger partial charge in [0, 0.05) is 54.3 Å². The van der Waals surface area contributed by atoms with E-state index in [9.17, 15) is 9.18 Å². The first-order chi connectivity index (χ1) is 16.1. The Hall–Kier alpha value is -2.20. The summed E-state index contributed by atoms with van der Waals surface area (Å²) >= 11 is 9.50. The lowest BCUT2D eigenvalue weighted by molar-refractivity contribution is -0.126. The molecule has 0 aliphatic carbocycles. The Labute approximate surface area is 204 Å². The molecule has 4 heterocycles. The number of thiophene rings is 1. The molecule has 0 unspecified atom stereocenters. The third-order valence-electron chi connectivity index (χ3n) is 5.86. The molecule has 172 valence electrons. The predicted octanol–water partition coefficient (Wildman–Crippen LogP) is 4.72. The van der Waals surface area contributed by atoms with Crippen LogP contribution in [0.25, 0.3) is 10.2 Å². The summed E-state index contributed by atoms with van der Waals surface area (Å²) in [6.07, 6.45) is 5.96. The number of thioether (sulfide) groups is 1. The zero-order valence-corrected chi connectivity index (χ0v) is 20.3. The van der Waals surface area contributed by atoms with Crippen molar-refractivity contribution in [2.24, 2.45) is 0 Å². The minimum absolute atomic E-state index is 0.0508. The molecule has 3 aromatic rings. The van der Waals surface area contributed by atoms with E-state index in [1.807, 2.05) is 22.7 Å². The molecule has 0 bridgehead atoms. The van der Waals surface area contributed by atoms with Crippen LogP contribution >= 0.6 is 34.7 Å². The monoisotopic (exact) mass is 503 g/mol. The van der Waals surface area contributed by atoms with Gasteiger partial charge < -0.3 is 10.2 Å². The van der Waals surface area contributed by atoms with E-state index in [4.69, 9.17) is 11.6 Å². The summed E-state index contributed by atoms with van der Waals surface area (Å²) in [4.78, 5) is 27.9. The Kier molecular flexibility index (Phi) is 6.82. The zero-order chi connectivity index (χ0) is 22.8. The molecular weight excluding hydrogens is 481 g/mol. The maximum atomic E-state index is 13.5. The van der Waals surface area contributed by atoms with Gasteiger partial charge in [0.1, 0.15) is 22.8 Å². The summed E-state index contributed by atoms with van der Waals surface area (Å²) in [7, 11) is 0. The van der Waals surface area contributed by atoms with Crippen LogP contribution in [0.15, 0.2) is 36.7 Å². The average molecular weight is 504 g/mol. The molecule has 1 aromatic carbocycles. The van der Waals surface area contributed by atoms with Crippen molar-refractivity contribution in [1.82, 2.24) is 19.8 Å². The Morgan fingerprint density at radius 1 is 1.24 bits per heavy atom. The normalized spacial score (nSPS) is 17.0. The second kappa shape index (κ2) is 9.97. The Morgan fingerprint density at radius 3 is 2.91 bits per heavy atom. The molecule has 1 amide bonds. The van der Waals surface area contributed by atoms with Gasteiger partial charge in [-0.05, 0) is 30.2 Å². The van der Waals surface area contributed by atoms with Gasteiger partial charge in [0.25, 0.3) is 0 Å². The van der Waals surface area contributed by atoms with Gasteiger partial charge in [0.05, 0.1) is 17.0 Å². The van der Waals surface area contributed by atoms with E-state index in [1.165, 1.54) is 18.0 Å². The minimum atomic E-state index is -0.461. The summed E-state index contributed by atoms with van der Waals surface area (Å²) in [6.45, 7) is 4.21. The molecule has 5 rings (SSSR count). The second-order valence-corrected chi connectivity index (χ2v) is 10.7. The van der Waals surface area contributed by atoms with E-state index < -0.39 is 5.82 Å². The number of nitrogens with one attached hydrogen (secondary N) is 1. The van der Waals surface area contributed by atoms with E-state index >= 15 is 0 Å². The molecular formula is C23H23ClFN5OS2. The topological polar surface area (TPSA) is 61.4 Å². The lowest BCUT2D eigenvalue weighted by Gasteiger charge is -2.26. The number of anilines is 2. The van der Waals surface area contributed by atoms with Crippen molar-refractivity contribution in [2.75, 3.05) is 43.0 Å². The molecule has 2 aromatic heterocycles. The van der Waals surface area contributed by atoms with Crippen molar-refractivity contribution in [3.63, 3.8) is 0 Å². The van der Waals surface area contributed by atoms with Crippen molar-refractivity contribution >= 4 is 62.3 Å². The summed E-state index contributed by atoms with van der Waals surface area (Å²) in [6, 6.07) is 4.50. The number of aromatic nitrogens is 2. The molecule has 6 nitrogen and oxygen atoms in total. The van der Waals surface area contributed by atoms with E-state index in [2.05, 4.69) is 20.2 Å². The fourth-order valence-electron chi connectivity index (χ4n) is 4.11. The average Bonchev–Trinajstić information content (AvgIpc) is 3.21. The van der Waals surface area contributed by atoms with Crippen LogP contribution < -0.4 is 5.32 Å². The highest BCUT2D eigenvalue weighted by molar-refractivity contribution is 7.99. The number of hydrogen-bond donors (Lipinski definition) is 1. The number of benzene rings is 1. The summed E-state index contributed by atoms with van der Waals surface area (Å²) in [5, 5.41) is 4.27. The molecule has 0 radical (unpaired) electrons. The fraction of sp³-hybridized carbons (Fsp3) is 0.348. The van der Waals surface area contributed by atoms with Crippen molar-refractivity contribution in [3.8, 4) is 0 Å². The van der Waals surface area contributed by atoms with Gasteiger partial charge in [0.2, 0.25) is 5.91 Å². The fourth-order valence-corrected chi connectivity index (χ4v) is 6.48. The van der Waals surface area contributed by atoms with Gasteiger partial charge in [-0.15, -0.1) is 11.3 Å². The quantitative estimate of drug-likeness (QED) is 0.508. The highest BCUT2D eigenvalue weighted by Gasteiger charge is 2.25. The summed E-state index contributed by atoms with van der Waals surface area (Å²) < 4.78 is 13.5. The Balaban J connectivity index is 1.31. The predicted molar refractivity (Wildman–Crippen MR) is 134 cm³/mol. The Morgan fingerprint density at radius 2 is 2.09 bits per heavy atom. The van der Waals surface area contributed by atoms with Crippen molar-refractivity contribution in [2.45, 2.75) is 13.0 Å². The number of carbonyl (C=O) groups excluding carboxylic acids is 1. The zero-order valence-electron chi connectivity index (χ0n) is 17.9. The van der Waals surface area contributed by atoms with E-state index in [1.54, 1.807) is 29.5 Å². The molecule has 33 heavy (non-hydrogen) atoms. The lowest BCUT2D eigenvalue weighted by atomic mass is 10.0. The maximum Gasteiger partial charge on any atom is 0.246 e. The molecule has 10 heteroatoms. The SMILES string of the molecule is O=C(/C=C/CN1CCSCC1)N1CCc2c(sc3ncnc(Nc4ccc(F)c(Cl)c4)c23)C1. The van der Waals surface area contributed by atoms with Gasteiger partial charge in [-0.25, -0.2) is 14.4 Å². The Bertz CT molecular complexity index is 1210. The van der Waals surface area contributed by atoms with E-state index in [0.29, 0.717) is 24.6 Å². The highest BCUT2D eigenvalue weighted by atomic mass is 35.5. The first-order valence-corrected chi connectivity index (χ1v) is 13.2. The number of carbonyl (C=O) groups is 1. The number of rotatable bonds is 5. The molecule has 0 atom stereocenters. The highest BCUT2D eigenvalue weighted by Crippen LogP contribution is 2.38. The third-order valence-corrected chi connectivity index (χ3v) is 8.22. The molecule has 1 N–H and O–H groups in total. The first-order valence-electron chi connectivity index (χ1n) is 10.8. The van der Waals surface area contributed by atoms with E-state index in [-0.39, 0.29) is 10.9 Å². The van der Waals surface area contributed by atoms with Crippen LogP contribution in [0.1, 0.15) is 10.4 Å². The van der Waals surface area contributed by atoms with Gasteiger partial charge in [0.15, 0.2) is 0 Å². The smallest absolute Gasteiger partial charge is 0.246 e. The summed E-state index contributed by atoms with van der Waals surface area (Å²) in [5.74, 6) is 2.58. The van der Waals surface area contributed by atoms with Crippen molar-refractivity contribution < 1.29 is 9.18 Å². The first kappa shape index (κ1) is 22.6. The van der Waals surface area contributed by atoms with Gasteiger partial charge in [-0.2, -0.15) is 11.8 Å². The van der Waals surface area contributed by atoms with Gasteiger partial charge >= 0.3 is 0 Å². The molecule has 0 saturated carbocycles.